The van der Waals surface area contributed by atoms with Gasteiger partial charge in [-0.2, -0.15) is 5.10 Å². The van der Waals surface area contributed by atoms with Gasteiger partial charge in [-0.3, -0.25) is 10.1 Å². The van der Waals surface area contributed by atoms with Gasteiger partial charge in [-0.1, -0.05) is 33.1 Å². The average molecular weight is 537 g/mol. The zero-order chi connectivity index (χ0) is 28.2. The highest BCUT2D eigenvalue weighted by molar-refractivity contribution is 5.91. The second-order valence-electron chi connectivity index (χ2n) is 10.4. The summed E-state index contributed by atoms with van der Waals surface area (Å²) in [4.78, 5) is 17.8. The number of H-pyrrole nitrogens is 2. The normalized spacial score (nSPS) is 16.0. The molecule has 1 saturated carbocycles. The van der Waals surface area contributed by atoms with Crippen LogP contribution in [-0.2, 0) is 0 Å². The van der Waals surface area contributed by atoms with E-state index in [4.69, 9.17) is 4.98 Å². The first-order valence-corrected chi connectivity index (χ1v) is 14.2. The van der Waals surface area contributed by atoms with Crippen LogP contribution in [0.1, 0.15) is 37.9 Å². The summed E-state index contributed by atoms with van der Waals surface area (Å²) in [5, 5.41) is 11.2. The van der Waals surface area contributed by atoms with Crippen molar-refractivity contribution in [2.24, 2.45) is 5.92 Å². The average Bonchev–Trinajstić information content (AvgIpc) is 3.65. The predicted octanol–water partition coefficient (Wildman–Crippen LogP) is 6.46. The van der Waals surface area contributed by atoms with Crippen molar-refractivity contribution in [1.29, 1.82) is 0 Å². The van der Waals surface area contributed by atoms with Crippen molar-refractivity contribution >= 4 is 22.4 Å². The number of piperazine rings is 1. The van der Waals surface area contributed by atoms with E-state index in [1.165, 1.54) is 18.5 Å². The maximum Gasteiger partial charge on any atom is 0.135 e. The molecule has 4 aromatic rings. The lowest BCUT2D eigenvalue weighted by molar-refractivity contribution is 0.207. The van der Waals surface area contributed by atoms with Gasteiger partial charge >= 0.3 is 0 Å². The van der Waals surface area contributed by atoms with Gasteiger partial charge in [-0.25, -0.2) is 4.98 Å². The molecule has 2 aliphatic rings. The quantitative estimate of drug-likeness (QED) is 0.224. The van der Waals surface area contributed by atoms with Crippen molar-refractivity contribution in [2.75, 3.05) is 38.5 Å². The monoisotopic (exact) mass is 536 g/mol. The van der Waals surface area contributed by atoms with Gasteiger partial charge in [0, 0.05) is 60.6 Å². The summed E-state index contributed by atoms with van der Waals surface area (Å²) in [5.74, 6) is 0.578. The van der Waals surface area contributed by atoms with Crippen molar-refractivity contribution in [3.63, 3.8) is 0 Å². The van der Waals surface area contributed by atoms with Crippen LogP contribution in [-0.4, -0.2) is 68.2 Å². The summed E-state index contributed by atoms with van der Waals surface area (Å²) in [5.41, 5.74) is 10.7. The van der Waals surface area contributed by atoms with Gasteiger partial charge in [-0.15, -0.1) is 0 Å². The molecule has 1 aliphatic carbocycles. The lowest BCUT2D eigenvalue weighted by Gasteiger charge is -2.35. The van der Waals surface area contributed by atoms with Gasteiger partial charge in [0.25, 0.3) is 0 Å². The SMILES string of the molecule is C=C/C=C(\c1cc(-c2n[nH]c3ccc(-c4cncc(NC(=C)C5CC5)c4)nc23)[nH]c1C)N1CCN(C)CC1.CC. The summed E-state index contributed by atoms with van der Waals surface area (Å²) in [6.45, 7) is 18.3. The van der Waals surface area contributed by atoms with E-state index in [2.05, 4.69) is 80.6 Å². The van der Waals surface area contributed by atoms with Crippen molar-refractivity contribution in [3.8, 4) is 22.6 Å². The molecule has 208 valence electrons. The smallest absolute Gasteiger partial charge is 0.135 e. The maximum atomic E-state index is 5.02. The largest absolute Gasteiger partial charge is 0.368 e. The Morgan fingerprint density at radius 2 is 1.88 bits per heavy atom. The van der Waals surface area contributed by atoms with Crippen LogP contribution in [0.3, 0.4) is 0 Å². The fraction of sp³-hybridized carbons (Fsp3) is 0.344. The summed E-state index contributed by atoms with van der Waals surface area (Å²) in [6, 6.07) is 8.29. The first-order chi connectivity index (χ1) is 19.5. The molecule has 8 nitrogen and oxygen atoms in total. The van der Waals surface area contributed by atoms with Crippen molar-refractivity contribution < 1.29 is 0 Å². The molecule has 1 saturated heterocycles. The number of pyridine rings is 2. The van der Waals surface area contributed by atoms with E-state index >= 15 is 0 Å². The lowest BCUT2D eigenvalue weighted by Crippen LogP contribution is -2.43. The Balaban J connectivity index is 0.00000158. The zero-order valence-corrected chi connectivity index (χ0v) is 24.1. The van der Waals surface area contributed by atoms with E-state index in [1.54, 1.807) is 0 Å². The number of hydrogen-bond donors (Lipinski definition) is 3. The Bertz CT molecular complexity index is 1530. The number of aryl methyl sites for hydroxylation is 1. The lowest BCUT2D eigenvalue weighted by atomic mass is 10.1. The van der Waals surface area contributed by atoms with Crippen LogP contribution in [0.25, 0.3) is 39.4 Å². The number of aromatic amines is 2. The molecule has 0 amide bonds. The number of hydrogen-bond acceptors (Lipinski definition) is 6. The zero-order valence-electron chi connectivity index (χ0n) is 24.1. The highest BCUT2D eigenvalue weighted by Gasteiger charge is 2.25. The van der Waals surface area contributed by atoms with Crippen LogP contribution in [0, 0.1) is 12.8 Å². The Hall–Kier alpha value is -4.17. The predicted molar refractivity (Wildman–Crippen MR) is 166 cm³/mol. The Kier molecular flexibility index (Phi) is 8.16. The summed E-state index contributed by atoms with van der Waals surface area (Å²) >= 11 is 0. The first-order valence-electron chi connectivity index (χ1n) is 14.2. The van der Waals surface area contributed by atoms with Crippen LogP contribution < -0.4 is 5.32 Å². The molecular formula is C32H40N8. The topological polar surface area (TPSA) is 88.8 Å². The van der Waals surface area contributed by atoms with E-state index < -0.39 is 0 Å². The number of anilines is 1. The minimum atomic E-state index is 0.578. The molecule has 2 fully saturated rings. The van der Waals surface area contributed by atoms with Crippen LogP contribution >= 0.6 is 0 Å². The molecule has 6 rings (SSSR count). The van der Waals surface area contributed by atoms with Crippen molar-refractivity contribution in [2.45, 2.75) is 33.6 Å². The molecule has 0 spiro atoms. The molecule has 8 heteroatoms. The Morgan fingerprint density at radius 3 is 2.60 bits per heavy atom. The van der Waals surface area contributed by atoms with Gasteiger partial charge in [0.05, 0.1) is 28.8 Å². The molecule has 1 aliphatic heterocycles. The number of likely N-dealkylation sites (N-methyl/N-ethyl adjacent to an activating group) is 1. The number of fused-ring (bicyclic) bond motifs is 1. The summed E-state index contributed by atoms with van der Waals surface area (Å²) in [7, 11) is 2.17. The third kappa shape index (κ3) is 5.72. The third-order valence-electron chi connectivity index (χ3n) is 7.48. The number of rotatable bonds is 8. The molecule has 4 aromatic heterocycles. The number of aromatic nitrogens is 5. The molecule has 0 aromatic carbocycles. The van der Waals surface area contributed by atoms with Crippen LogP contribution in [0.2, 0.25) is 0 Å². The highest BCUT2D eigenvalue weighted by atomic mass is 15.3. The summed E-state index contributed by atoms with van der Waals surface area (Å²) < 4.78 is 0. The van der Waals surface area contributed by atoms with Crippen LogP contribution in [0.4, 0.5) is 5.69 Å². The number of nitrogens with one attached hydrogen (secondary N) is 3. The van der Waals surface area contributed by atoms with Crippen molar-refractivity contribution in [1.82, 2.24) is 34.9 Å². The molecule has 0 unspecified atom stereocenters. The van der Waals surface area contributed by atoms with E-state index in [0.717, 1.165) is 82.5 Å². The van der Waals surface area contributed by atoms with Gasteiger partial charge in [0.1, 0.15) is 11.2 Å². The van der Waals surface area contributed by atoms with E-state index in [1.807, 2.05) is 44.4 Å². The van der Waals surface area contributed by atoms with E-state index in [0.29, 0.717) is 5.92 Å². The van der Waals surface area contributed by atoms with E-state index in [9.17, 15) is 0 Å². The first kappa shape index (κ1) is 27.4. The maximum absolute atomic E-state index is 5.02. The second kappa shape index (κ2) is 11.9. The molecule has 0 atom stereocenters. The molecule has 40 heavy (non-hydrogen) atoms. The van der Waals surface area contributed by atoms with E-state index in [-0.39, 0.29) is 0 Å². The standard InChI is InChI=1S/C30H34N8.C2H6/c1-5-6-28(38-13-11-37(4)12-14-38)24-16-27(33-20(24)3)30-29-26(35-36-30)10-9-25(34-29)22-15-23(18-31-17-22)32-19(2)21-7-8-21;1-2/h5-6,9-10,15-18,21,32-33H,1-2,7-8,11-14H2,3-4H3,(H,35,36);1-2H3/b28-6+;. The molecule has 5 heterocycles. The Labute approximate surface area is 236 Å². The number of nitrogens with zero attached hydrogens (tertiary/aromatic N) is 5. The van der Waals surface area contributed by atoms with Gasteiger partial charge in [0.2, 0.25) is 0 Å². The molecule has 3 N–H and O–H groups in total. The molecule has 0 bridgehead atoms. The minimum absolute atomic E-state index is 0.578. The highest BCUT2D eigenvalue weighted by Crippen LogP contribution is 2.36. The van der Waals surface area contributed by atoms with Crippen LogP contribution in [0.15, 0.2) is 67.7 Å². The third-order valence-corrected chi connectivity index (χ3v) is 7.48. The summed E-state index contributed by atoms with van der Waals surface area (Å²) in [6.07, 6.45) is 10.1. The van der Waals surface area contributed by atoms with Gasteiger partial charge in [0.15, 0.2) is 0 Å². The molecular weight excluding hydrogens is 496 g/mol. The second-order valence-corrected chi connectivity index (χ2v) is 10.4. The Morgan fingerprint density at radius 1 is 1.10 bits per heavy atom. The minimum Gasteiger partial charge on any atom is -0.368 e. The van der Waals surface area contributed by atoms with Gasteiger partial charge < -0.3 is 20.1 Å². The van der Waals surface area contributed by atoms with Gasteiger partial charge in [-0.05, 0) is 63.1 Å². The number of allylic oxidation sites excluding steroid dienone is 3. The fourth-order valence-corrected chi connectivity index (χ4v) is 5.09. The van der Waals surface area contributed by atoms with Crippen molar-refractivity contribution in [3.05, 3.63) is 78.9 Å². The molecule has 0 radical (unpaired) electrons. The fourth-order valence-electron chi connectivity index (χ4n) is 5.09. The van der Waals surface area contributed by atoms with Crippen LogP contribution in [0.5, 0.6) is 0 Å².